The summed E-state index contributed by atoms with van der Waals surface area (Å²) in [5.74, 6) is 1.57. The molecule has 0 radical (unpaired) electrons. The largest absolute Gasteiger partial charge is 0.464 e. The van der Waals surface area contributed by atoms with Gasteiger partial charge in [-0.2, -0.15) is 0 Å². The van der Waals surface area contributed by atoms with Crippen molar-refractivity contribution in [3.8, 4) is 0 Å². The predicted molar refractivity (Wildman–Crippen MR) is 122 cm³/mol. The van der Waals surface area contributed by atoms with Crippen molar-refractivity contribution >= 4 is 11.8 Å². The SMILES string of the molecule is Cc1ccc(CN(CCc2ccccc2)C(=O)CN(C(=O)C(C)C)C2CCCCC2)o1. The van der Waals surface area contributed by atoms with Gasteiger partial charge < -0.3 is 14.2 Å². The zero-order chi connectivity index (χ0) is 22.2. The quantitative estimate of drug-likeness (QED) is 0.571. The molecule has 168 valence electrons. The normalized spacial score (nSPS) is 14.6. The smallest absolute Gasteiger partial charge is 0.242 e. The summed E-state index contributed by atoms with van der Waals surface area (Å²) >= 11 is 0. The van der Waals surface area contributed by atoms with E-state index in [1.165, 1.54) is 12.0 Å². The highest BCUT2D eigenvalue weighted by Crippen LogP contribution is 2.24. The van der Waals surface area contributed by atoms with Gasteiger partial charge in [-0.25, -0.2) is 0 Å². The zero-order valence-electron chi connectivity index (χ0n) is 19.2. The van der Waals surface area contributed by atoms with E-state index in [1.807, 2.05) is 60.9 Å². The topological polar surface area (TPSA) is 53.8 Å². The van der Waals surface area contributed by atoms with Crippen LogP contribution in [0.1, 0.15) is 63.0 Å². The van der Waals surface area contributed by atoms with Crippen molar-refractivity contribution in [3.05, 3.63) is 59.5 Å². The Morgan fingerprint density at radius 2 is 1.74 bits per heavy atom. The van der Waals surface area contributed by atoms with Gasteiger partial charge in [0.2, 0.25) is 11.8 Å². The zero-order valence-corrected chi connectivity index (χ0v) is 19.2. The van der Waals surface area contributed by atoms with Gasteiger partial charge in [0, 0.05) is 18.5 Å². The fraction of sp³-hybridized carbons (Fsp3) is 0.538. The first kappa shape index (κ1) is 23.1. The van der Waals surface area contributed by atoms with E-state index in [2.05, 4.69) is 12.1 Å². The summed E-state index contributed by atoms with van der Waals surface area (Å²) in [5.41, 5.74) is 1.19. The molecule has 1 fully saturated rings. The van der Waals surface area contributed by atoms with Gasteiger partial charge in [-0.1, -0.05) is 63.4 Å². The molecule has 0 aliphatic heterocycles. The molecule has 0 bridgehead atoms. The Bertz CT molecular complexity index is 837. The van der Waals surface area contributed by atoms with Gasteiger partial charge >= 0.3 is 0 Å². The summed E-state index contributed by atoms with van der Waals surface area (Å²) in [7, 11) is 0. The van der Waals surface area contributed by atoms with Crippen molar-refractivity contribution in [1.82, 2.24) is 9.80 Å². The lowest BCUT2D eigenvalue weighted by Gasteiger charge is -2.36. The third-order valence-electron chi connectivity index (χ3n) is 6.11. The molecule has 0 saturated heterocycles. The van der Waals surface area contributed by atoms with Gasteiger partial charge in [0.15, 0.2) is 0 Å². The van der Waals surface area contributed by atoms with E-state index in [9.17, 15) is 9.59 Å². The maximum Gasteiger partial charge on any atom is 0.242 e. The van der Waals surface area contributed by atoms with Crippen LogP contribution in [0.3, 0.4) is 0 Å². The summed E-state index contributed by atoms with van der Waals surface area (Å²) < 4.78 is 5.75. The van der Waals surface area contributed by atoms with Crippen LogP contribution in [0.5, 0.6) is 0 Å². The number of hydrogen-bond donors (Lipinski definition) is 0. The molecule has 0 N–H and O–H groups in total. The van der Waals surface area contributed by atoms with E-state index in [4.69, 9.17) is 4.42 Å². The maximum atomic E-state index is 13.4. The van der Waals surface area contributed by atoms with Crippen LogP contribution in [-0.4, -0.2) is 40.7 Å². The van der Waals surface area contributed by atoms with Gasteiger partial charge in [-0.15, -0.1) is 0 Å². The fourth-order valence-corrected chi connectivity index (χ4v) is 4.32. The summed E-state index contributed by atoms with van der Waals surface area (Å²) in [6.45, 7) is 6.91. The Balaban J connectivity index is 1.74. The summed E-state index contributed by atoms with van der Waals surface area (Å²) in [4.78, 5) is 30.1. The van der Waals surface area contributed by atoms with E-state index >= 15 is 0 Å². The fourth-order valence-electron chi connectivity index (χ4n) is 4.32. The van der Waals surface area contributed by atoms with E-state index in [0.29, 0.717) is 13.1 Å². The molecule has 0 atom stereocenters. The van der Waals surface area contributed by atoms with Crippen molar-refractivity contribution in [2.45, 2.75) is 71.9 Å². The van der Waals surface area contributed by atoms with E-state index in [1.54, 1.807) is 0 Å². The first-order valence-electron chi connectivity index (χ1n) is 11.6. The first-order chi connectivity index (χ1) is 14.9. The number of carbonyl (C=O) groups is 2. The van der Waals surface area contributed by atoms with Crippen LogP contribution in [0.25, 0.3) is 0 Å². The van der Waals surface area contributed by atoms with E-state index < -0.39 is 0 Å². The third-order valence-corrected chi connectivity index (χ3v) is 6.11. The highest BCUT2D eigenvalue weighted by atomic mass is 16.3. The molecule has 2 aromatic rings. The molecule has 1 aromatic heterocycles. The molecular weight excluding hydrogens is 388 g/mol. The van der Waals surface area contributed by atoms with Gasteiger partial charge in [0.05, 0.1) is 6.54 Å². The standard InChI is InChI=1S/C26H36N2O3/c1-20(2)26(30)28(23-12-8-5-9-13-23)19-25(29)27(18-24-15-14-21(3)31-24)17-16-22-10-6-4-7-11-22/h4,6-7,10-11,14-15,20,23H,5,8-9,12-13,16-19H2,1-3H3. The lowest BCUT2D eigenvalue weighted by atomic mass is 9.93. The Labute approximate surface area is 186 Å². The highest BCUT2D eigenvalue weighted by molar-refractivity contribution is 5.86. The number of hydrogen-bond acceptors (Lipinski definition) is 3. The second kappa shape index (κ2) is 11.2. The summed E-state index contributed by atoms with van der Waals surface area (Å²) in [5, 5.41) is 0. The highest BCUT2D eigenvalue weighted by Gasteiger charge is 2.30. The molecular formula is C26H36N2O3. The predicted octanol–water partition coefficient (Wildman–Crippen LogP) is 4.98. The molecule has 0 spiro atoms. The van der Waals surface area contributed by atoms with Gasteiger partial charge in [-0.05, 0) is 43.9 Å². The van der Waals surface area contributed by atoms with Crippen LogP contribution >= 0.6 is 0 Å². The third kappa shape index (κ3) is 6.71. The van der Waals surface area contributed by atoms with Crippen LogP contribution < -0.4 is 0 Å². The van der Waals surface area contributed by atoms with Crippen molar-refractivity contribution in [2.24, 2.45) is 5.92 Å². The second-order valence-electron chi connectivity index (χ2n) is 8.98. The van der Waals surface area contributed by atoms with Crippen LogP contribution in [0.2, 0.25) is 0 Å². The molecule has 1 heterocycles. The average Bonchev–Trinajstić information content (AvgIpc) is 3.20. The number of carbonyl (C=O) groups excluding carboxylic acids is 2. The summed E-state index contributed by atoms with van der Waals surface area (Å²) in [6, 6.07) is 14.2. The van der Waals surface area contributed by atoms with Crippen LogP contribution in [0.15, 0.2) is 46.9 Å². The molecule has 5 nitrogen and oxygen atoms in total. The number of amides is 2. The van der Waals surface area contributed by atoms with Gasteiger partial charge in [0.25, 0.3) is 0 Å². The van der Waals surface area contributed by atoms with Crippen molar-refractivity contribution < 1.29 is 14.0 Å². The molecule has 2 amide bonds. The Morgan fingerprint density at radius 1 is 1.03 bits per heavy atom. The summed E-state index contributed by atoms with van der Waals surface area (Å²) in [6.07, 6.45) is 6.23. The number of rotatable bonds is 9. The molecule has 0 unspecified atom stereocenters. The minimum Gasteiger partial charge on any atom is -0.464 e. The molecule has 5 heteroatoms. The molecule has 1 aliphatic carbocycles. The van der Waals surface area contributed by atoms with E-state index in [-0.39, 0.29) is 30.3 Å². The molecule has 1 aromatic carbocycles. The molecule has 31 heavy (non-hydrogen) atoms. The number of nitrogens with zero attached hydrogens (tertiary/aromatic N) is 2. The van der Waals surface area contributed by atoms with Gasteiger partial charge in [-0.3, -0.25) is 9.59 Å². The molecule has 1 aliphatic rings. The van der Waals surface area contributed by atoms with E-state index in [0.717, 1.165) is 43.6 Å². The Kier molecular flexibility index (Phi) is 8.33. The van der Waals surface area contributed by atoms with Gasteiger partial charge in [0.1, 0.15) is 18.1 Å². The molecule has 1 saturated carbocycles. The minimum atomic E-state index is -0.111. The lowest BCUT2D eigenvalue weighted by Crippen LogP contribution is -2.49. The second-order valence-corrected chi connectivity index (χ2v) is 8.98. The maximum absolute atomic E-state index is 13.4. The van der Waals surface area contributed by atoms with Crippen molar-refractivity contribution in [1.29, 1.82) is 0 Å². The Hall–Kier alpha value is -2.56. The lowest BCUT2D eigenvalue weighted by molar-refractivity contribution is -0.145. The van der Waals surface area contributed by atoms with Crippen LogP contribution in [0, 0.1) is 12.8 Å². The molecule has 3 rings (SSSR count). The Morgan fingerprint density at radius 3 is 2.35 bits per heavy atom. The average molecular weight is 425 g/mol. The van der Waals surface area contributed by atoms with Crippen LogP contribution in [-0.2, 0) is 22.6 Å². The first-order valence-corrected chi connectivity index (χ1v) is 11.6. The minimum absolute atomic E-state index is 0.00967. The number of furan rings is 1. The van der Waals surface area contributed by atoms with Crippen LogP contribution in [0.4, 0.5) is 0 Å². The number of aryl methyl sites for hydroxylation is 1. The van der Waals surface area contributed by atoms with Crippen molar-refractivity contribution in [2.75, 3.05) is 13.1 Å². The van der Waals surface area contributed by atoms with Crippen molar-refractivity contribution in [3.63, 3.8) is 0 Å². The monoisotopic (exact) mass is 424 g/mol. The number of benzene rings is 1.